The summed E-state index contributed by atoms with van der Waals surface area (Å²) in [5, 5.41) is 9.29. The SMILES string of the molecule is CCCc1cc(C(=O)N2CC(OC)CC2C(=O)O)sc1C. The number of nitrogens with zero attached hydrogens (tertiary/aromatic N) is 1. The Kier molecular flexibility index (Phi) is 5.00. The van der Waals surface area contributed by atoms with Crippen molar-refractivity contribution in [2.45, 2.75) is 45.3 Å². The van der Waals surface area contributed by atoms with E-state index in [-0.39, 0.29) is 12.0 Å². The number of amides is 1. The van der Waals surface area contributed by atoms with Crippen LogP contribution in [0.2, 0.25) is 0 Å². The molecule has 0 saturated carbocycles. The normalized spacial score (nSPS) is 21.8. The van der Waals surface area contributed by atoms with Gasteiger partial charge in [0.25, 0.3) is 5.91 Å². The van der Waals surface area contributed by atoms with Gasteiger partial charge in [0.15, 0.2) is 0 Å². The number of hydrogen-bond acceptors (Lipinski definition) is 4. The highest BCUT2D eigenvalue weighted by Gasteiger charge is 2.40. The highest BCUT2D eigenvalue weighted by Crippen LogP contribution is 2.28. The summed E-state index contributed by atoms with van der Waals surface area (Å²) in [5.41, 5.74) is 1.18. The number of carboxylic acid groups (broad SMARTS) is 1. The van der Waals surface area contributed by atoms with Gasteiger partial charge in [0, 0.05) is 25.0 Å². The summed E-state index contributed by atoms with van der Waals surface area (Å²) >= 11 is 1.45. The van der Waals surface area contributed by atoms with E-state index >= 15 is 0 Å². The molecule has 116 valence electrons. The number of ether oxygens (including phenoxy) is 1. The number of hydrogen-bond donors (Lipinski definition) is 1. The lowest BCUT2D eigenvalue weighted by Gasteiger charge is -2.20. The lowest BCUT2D eigenvalue weighted by atomic mass is 10.1. The maximum atomic E-state index is 12.6. The molecule has 0 spiro atoms. The number of aliphatic carboxylic acids is 1. The van der Waals surface area contributed by atoms with Crippen LogP contribution < -0.4 is 0 Å². The second-order valence-electron chi connectivity index (χ2n) is 5.35. The predicted molar refractivity (Wildman–Crippen MR) is 80.9 cm³/mol. The molecule has 1 N–H and O–H groups in total. The highest BCUT2D eigenvalue weighted by molar-refractivity contribution is 7.14. The van der Waals surface area contributed by atoms with Gasteiger partial charge in [0.05, 0.1) is 11.0 Å². The van der Waals surface area contributed by atoms with Gasteiger partial charge in [-0.25, -0.2) is 4.79 Å². The minimum absolute atomic E-state index is 0.197. The van der Waals surface area contributed by atoms with Gasteiger partial charge in [0.1, 0.15) is 6.04 Å². The van der Waals surface area contributed by atoms with Crippen LogP contribution in [-0.4, -0.2) is 47.7 Å². The molecule has 1 fully saturated rings. The largest absolute Gasteiger partial charge is 0.480 e. The molecule has 0 bridgehead atoms. The number of methoxy groups -OCH3 is 1. The van der Waals surface area contributed by atoms with Crippen molar-refractivity contribution in [3.8, 4) is 0 Å². The van der Waals surface area contributed by atoms with Crippen LogP contribution in [0.5, 0.6) is 0 Å². The zero-order chi connectivity index (χ0) is 15.6. The van der Waals surface area contributed by atoms with Gasteiger partial charge in [-0.3, -0.25) is 4.79 Å². The first-order chi connectivity index (χ1) is 9.97. The quantitative estimate of drug-likeness (QED) is 0.906. The summed E-state index contributed by atoms with van der Waals surface area (Å²) in [6.07, 6.45) is 2.12. The van der Waals surface area contributed by atoms with Crippen molar-refractivity contribution in [3.63, 3.8) is 0 Å². The zero-order valence-electron chi connectivity index (χ0n) is 12.6. The summed E-state index contributed by atoms with van der Waals surface area (Å²) in [4.78, 5) is 27.1. The molecule has 0 aliphatic carbocycles. The lowest BCUT2D eigenvalue weighted by Crippen LogP contribution is -2.40. The Hall–Kier alpha value is -1.40. The van der Waals surface area contributed by atoms with Gasteiger partial charge in [-0.15, -0.1) is 11.3 Å². The summed E-state index contributed by atoms with van der Waals surface area (Å²) in [6, 6.07) is 1.12. The van der Waals surface area contributed by atoms with Crippen LogP contribution in [0.4, 0.5) is 0 Å². The molecule has 2 rings (SSSR count). The Bertz CT molecular complexity index is 540. The molecule has 1 aromatic rings. The second kappa shape index (κ2) is 6.58. The molecule has 1 amide bonds. The van der Waals surface area contributed by atoms with Crippen molar-refractivity contribution in [2.75, 3.05) is 13.7 Å². The third kappa shape index (κ3) is 3.27. The average Bonchev–Trinajstić information content (AvgIpc) is 3.03. The zero-order valence-corrected chi connectivity index (χ0v) is 13.4. The third-order valence-electron chi connectivity index (χ3n) is 3.89. The number of carboxylic acids is 1. The molecule has 1 saturated heterocycles. The topological polar surface area (TPSA) is 66.8 Å². The first kappa shape index (κ1) is 16.0. The third-order valence-corrected chi connectivity index (χ3v) is 4.97. The van der Waals surface area contributed by atoms with Gasteiger partial charge < -0.3 is 14.7 Å². The van der Waals surface area contributed by atoms with E-state index in [4.69, 9.17) is 4.74 Å². The van der Waals surface area contributed by atoms with E-state index in [1.165, 1.54) is 21.8 Å². The number of carbonyl (C=O) groups is 2. The minimum Gasteiger partial charge on any atom is -0.480 e. The summed E-state index contributed by atoms with van der Waals surface area (Å²) in [5.74, 6) is -1.16. The van der Waals surface area contributed by atoms with E-state index in [0.717, 1.165) is 17.7 Å². The van der Waals surface area contributed by atoms with Crippen LogP contribution in [0.15, 0.2) is 6.07 Å². The highest BCUT2D eigenvalue weighted by atomic mass is 32.1. The molecule has 21 heavy (non-hydrogen) atoms. The molecule has 0 aromatic carbocycles. The van der Waals surface area contributed by atoms with E-state index in [1.807, 2.05) is 13.0 Å². The van der Waals surface area contributed by atoms with Crippen LogP contribution >= 0.6 is 11.3 Å². The summed E-state index contributed by atoms with van der Waals surface area (Å²) < 4.78 is 5.22. The molecular formula is C15H21NO4S. The first-order valence-corrected chi connectivity index (χ1v) is 7.95. The van der Waals surface area contributed by atoms with Crippen LogP contribution in [0.25, 0.3) is 0 Å². The number of thiophene rings is 1. The molecule has 1 aromatic heterocycles. The van der Waals surface area contributed by atoms with Crippen molar-refractivity contribution in [1.82, 2.24) is 4.90 Å². The molecule has 2 unspecified atom stereocenters. The van der Waals surface area contributed by atoms with Crippen molar-refractivity contribution in [2.24, 2.45) is 0 Å². The van der Waals surface area contributed by atoms with Crippen molar-refractivity contribution < 1.29 is 19.4 Å². The predicted octanol–water partition coefficient (Wildman–Crippen LogP) is 2.32. The fourth-order valence-electron chi connectivity index (χ4n) is 2.71. The Morgan fingerprint density at radius 1 is 1.52 bits per heavy atom. The van der Waals surface area contributed by atoms with E-state index in [2.05, 4.69) is 6.92 Å². The first-order valence-electron chi connectivity index (χ1n) is 7.13. The lowest BCUT2D eigenvalue weighted by molar-refractivity contribution is -0.141. The fourth-order valence-corrected chi connectivity index (χ4v) is 3.74. The van der Waals surface area contributed by atoms with Crippen LogP contribution in [0, 0.1) is 6.92 Å². The number of carbonyl (C=O) groups excluding carboxylic acids is 1. The minimum atomic E-state index is -0.968. The van der Waals surface area contributed by atoms with E-state index in [1.54, 1.807) is 7.11 Å². The Morgan fingerprint density at radius 3 is 2.81 bits per heavy atom. The van der Waals surface area contributed by atoms with Crippen LogP contribution in [-0.2, 0) is 16.0 Å². The monoisotopic (exact) mass is 311 g/mol. The van der Waals surface area contributed by atoms with Gasteiger partial charge in [-0.05, 0) is 25.0 Å². The Labute approximate surface area is 128 Å². The standard InChI is InChI=1S/C15H21NO4S/c1-4-5-10-6-13(21-9(10)2)14(17)16-8-11(20-3)7-12(16)15(18)19/h6,11-12H,4-5,7-8H2,1-3H3,(H,18,19). The maximum Gasteiger partial charge on any atom is 0.326 e. The Morgan fingerprint density at radius 2 is 2.24 bits per heavy atom. The maximum absolute atomic E-state index is 12.6. The number of aryl methyl sites for hydroxylation is 2. The molecule has 2 atom stereocenters. The molecule has 1 aliphatic heterocycles. The molecule has 0 radical (unpaired) electrons. The molecule has 5 nitrogen and oxygen atoms in total. The van der Waals surface area contributed by atoms with Crippen molar-refractivity contribution >= 4 is 23.2 Å². The van der Waals surface area contributed by atoms with Crippen molar-refractivity contribution in [1.29, 1.82) is 0 Å². The number of likely N-dealkylation sites (tertiary alicyclic amines) is 1. The van der Waals surface area contributed by atoms with Crippen LogP contribution in [0.3, 0.4) is 0 Å². The molecule has 6 heteroatoms. The summed E-state index contributed by atoms with van der Waals surface area (Å²) in [7, 11) is 1.55. The molecule has 2 heterocycles. The average molecular weight is 311 g/mol. The van der Waals surface area contributed by atoms with Gasteiger partial charge >= 0.3 is 5.97 Å². The van der Waals surface area contributed by atoms with E-state index in [9.17, 15) is 14.7 Å². The molecular weight excluding hydrogens is 290 g/mol. The smallest absolute Gasteiger partial charge is 0.326 e. The van der Waals surface area contributed by atoms with Crippen LogP contribution in [0.1, 0.15) is 39.9 Å². The summed E-state index contributed by atoms with van der Waals surface area (Å²) in [6.45, 7) is 4.44. The van der Waals surface area contributed by atoms with Gasteiger partial charge in [-0.2, -0.15) is 0 Å². The van der Waals surface area contributed by atoms with E-state index in [0.29, 0.717) is 17.8 Å². The van der Waals surface area contributed by atoms with Gasteiger partial charge in [-0.1, -0.05) is 13.3 Å². The van der Waals surface area contributed by atoms with Gasteiger partial charge in [0.2, 0.25) is 0 Å². The van der Waals surface area contributed by atoms with E-state index < -0.39 is 12.0 Å². The van der Waals surface area contributed by atoms with Crippen molar-refractivity contribution in [3.05, 3.63) is 21.4 Å². The second-order valence-corrected chi connectivity index (χ2v) is 6.60. The molecule has 1 aliphatic rings. The Balaban J connectivity index is 2.21. The number of rotatable bonds is 5. The fraction of sp³-hybridized carbons (Fsp3) is 0.600.